The van der Waals surface area contributed by atoms with Gasteiger partial charge in [-0.05, 0) is 47.7 Å². The second-order valence-electron chi connectivity index (χ2n) is 7.71. The van der Waals surface area contributed by atoms with Crippen LogP contribution in [0.3, 0.4) is 0 Å². The van der Waals surface area contributed by atoms with E-state index in [9.17, 15) is 0 Å². The molecular weight excluding hydrogens is 340 g/mol. The molecule has 2 nitrogen and oxygen atoms in total. The van der Waals surface area contributed by atoms with Crippen LogP contribution in [0.5, 0.6) is 0 Å². The van der Waals surface area contributed by atoms with Gasteiger partial charge in [-0.3, -0.25) is 0 Å². The largest absolute Gasteiger partial charge is 0.277 e. The molecule has 0 N–H and O–H groups in total. The predicted molar refractivity (Wildman–Crippen MR) is 113 cm³/mol. The molecule has 5 rings (SSSR count). The predicted octanol–water partition coefficient (Wildman–Crippen LogP) is 4.55. The fraction of sp³-hybridized carbons (Fsp3) is 0.154. The first-order chi connectivity index (χ1) is 13.6. The van der Waals surface area contributed by atoms with Crippen molar-refractivity contribution in [3.8, 4) is 33.8 Å². The number of aromatic nitrogens is 2. The van der Waals surface area contributed by atoms with Crippen LogP contribution in [-0.4, -0.2) is 0 Å². The van der Waals surface area contributed by atoms with E-state index < -0.39 is 0 Å². The highest BCUT2D eigenvalue weighted by atomic mass is 15.0. The molecule has 0 radical (unpaired) electrons. The van der Waals surface area contributed by atoms with E-state index in [0.717, 1.165) is 6.42 Å². The van der Waals surface area contributed by atoms with Crippen molar-refractivity contribution in [2.24, 2.45) is 14.1 Å². The van der Waals surface area contributed by atoms with Crippen LogP contribution < -0.4 is 9.13 Å². The third kappa shape index (κ3) is 2.56. The average Bonchev–Trinajstić information content (AvgIpc) is 3.06. The van der Waals surface area contributed by atoms with E-state index in [1.165, 1.54) is 50.5 Å². The van der Waals surface area contributed by atoms with Crippen LogP contribution in [0.4, 0.5) is 0 Å². The Balaban J connectivity index is 1.67. The minimum Gasteiger partial charge on any atom is -0.195 e. The van der Waals surface area contributed by atoms with Gasteiger partial charge in [0, 0.05) is 29.3 Å². The van der Waals surface area contributed by atoms with Gasteiger partial charge in [0.1, 0.15) is 14.1 Å². The zero-order valence-corrected chi connectivity index (χ0v) is 16.6. The summed E-state index contributed by atoms with van der Waals surface area (Å²) >= 11 is 0. The molecule has 0 aliphatic heterocycles. The van der Waals surface area contributed by atoms with Crippen LogP contribution in [0, 0.1) is 6.92 Å². The quantitative estimate of drug-likeness (QED) is 0.406. The lowest BCUT2D eigenvalue weighted by Crippen LogP contribution is -2.40. The molecule has 0 bridgehead atoms. The molecule has 0 amide bonds. The Hall–Kier alpha value is -3.26. The molecule has 2 aromatic heterocycles. The van der Waals surface area contributed by atoms with Gasteiger partial charge in [0.25, 0.3) is 11.4 Å². The Morgan fingerprint density at radius 2 is 1.36 bits per heavy atom. The van der Waals surface area contributed by atoms with Crippen molar-refractivity contribution in [3.63, 3.8) is 0 Å². The minimum atomic E-state index is 1.01. The minimum absolute atomic E-state index is 1.01. The molecule has 0 saturated carbocycles. The van der Waals surface area contributed by atoms with E-state index >= 15 is 0 Å². The van der Waals surface area contributed by atoms with Gasteiger partial charge in [-0.15, -0.1) is 0 Å². The summed E-state index contributed by atoms with van der Waals surface area (Å²) in [6.45, 7) is 2.18. The maximum absolute atomic E-state index is 2.37. The number of benzene rings is 2. The number of nitrogens with zero attached hydrogens (tertiary/aromatic N) is 2. The zero-order chi connectivity index (χ0) is 19.3. The summed E-state index contributed by atoms with van der Waals surface area (Å²) in [7, 11) is 4.32. The van der Waals surface area contributed by atoms with Gasteiger partial charge in [0.2, 0.25) is 5.69 Å². The third-order valence-electron chi connectivity index (χ3n) is 5.96. The number of aryl methyl sites for hydroxylation is 2. The van der Waals surface area contributed by atoms with E-state index in [4.69, 9.17) is 0 Å². The summed E-state index contributed by atoms with van der Waals surface area (Å²) in [5, 5.41) is 0. The van der Waals surface area contributed by atoms with Crippen molar-refractivity contribution in [2.45, 2.75) is 13.3 Å². The van der Waals surface area contributed by atoms with Gasteiger partial charge in [0.15, 0.2) is 6.20 Å². The molecule has 2 aromatic carbocycles. The topological polar surface area (TPSA) is 7.76 Å². The van der Waals surface area contributed by atoms with Crippen molar-refractivity contribution in [1.82, 2.24) is 0 Å². The first-order valence-corrected chi connectivity index (χ1v) is 9.80. The first kappa shape index (κ1) is 16.9. The Bertz CT molecular complexity index is 1220. The molecule has 0 atom stereocenters. The average molecular weight is 364 g/mol. The van der Waals surface area contributed by atoms with Gasteiger partial charge in [-0.2, -0.15) is 9.13 Å². The number of pyridine rings is 2. The Kier molecular flexibility index (Phi) is 3.87. The normalized spacial score (nSPS) is 12.0. The van der Waals surface area contributed by atoms with Crippen molar-refractivity contribution >= 4 is 0 Å². The highest BCUT2D eigenvalue weighted by Crippen LogP contribution is 2.36. The summed E-state index contributed by atoms with van der Waals surface area (Å²) in [4.78, 5) is 0. The van der Waals surface area contributed by atoms with Crippen LogP contribution in [-0.2, 0) is 20.5 Å². The lowest BCUT2D eigenvalue weighted by molar-refractivity contribution is -0.685. The van der Waals surface area contributed by atoms with E-state index in [1.54, 1.807) is 0 Å². The van der Waals surface area contributed by atoms with Crippen LogP contribution in [0.2, 0.25) is 0 Å². The lowest BCUT2D eigenvalue weighted by atomic mass is 10.0. The lowest BCUT2D eigenvalue weighted by Gasteiger charge is -2.08. The second-order valence-corrected chi connectivity index (χ2v) is 7.71. The Morgan fingerprint density at radius 3 is 2.18 bits per heavy atom. The maximum atomic E-state index is 2.37. The SMILES string of the molecule is Cc1ccccc1-c1cccc(-c2cc3c(c[n+]2C)-c2ccccc2C3)[n+]1C. The number of hydrogen-bond acceptors (Lipinski definition) is 0. The molecule has 0 spiro atoms. The Labute approximate surface area is 166 Å². The molecule has 28 heavy (non-hydrogen) atoms. The summed E-state index contributed by atoms with van der Waals surface area (Å²) in [6, 6.07) is 26.3. The second kappa shape index (κ2) is 6.42. The fourth-order valence-corrected chi connectivity index (χ4v) is 4.45. The summed E-state index contributed by atoms with van der Waals surface area (Å²) in [6.07, 6.45) is 3.30. The van der Waals surface area contributed by atoms with E-state index in [-0.39, 0.29) is 0 Å². The molecule has 1 aliphatic carbocycles. The van der Waals surface area contributed by atoms with Gasteiger partial charge in [-0.1, -0.05) is 42.5 Å². The van der Waals surface area contributed by atoms with Crippen LogP contribution >= 0.6 is 0 Å². The van der Waals surface area contributed by atoms with Crippen LogP contribution in [0.25, 0.3) is 33.8 Å². The molecule has 2 heterocycles. The number of rotatable bonds is 2. The monoisotopic (exact) mass is 364 g/mol. The van der Waals surface area contributed by atoms with E-state index in [0.29, 0.717) is 0 Å². The fourth-order valence-electron chi connectivity index (χ4n) is 4.45. The molecular formula is C26H24N2+2. The van der Waals surface area contributed by atoms with Gasteiger partial charge < -0.3 is 0 Å². The number of fused-ring (bicyclic) bond motifs is 3. The van der Waals surface area contributed by atoms with Gasteiger partial charge in [-0.25, -0.2) is 0 Å². The van der Waals surface area contributed by atoms with E-state index in [1.807, 2.05) is 0 Å². The molecule has 136 valence electrons. The van der Waals surface area contributed by atoms with Crippen molar-refractivity contribution in [3.05, 3.63) is 95.7 Å². The maximum Gasteiger partial charge on any atom is 0.277 e. The summed E-state index contributed by atoms with van der Waals surface area (Å²) in [5.74, 6) is 0. The smallest absolute Gasteiger partial charge is 0.195 e. The molecule has 0 unspecified atom stereocenters. The molecule has 2 heteroatoms. The first-order valence-electron chi connectivity index (χ1n) is 9.80. The van der Waals surface area contributed by atoms with Crippen molar-refractivity contribution < 1.29 is 9.13 Å². The number of hydrogen-bond donors (Lipinski definition) is 0. The van der Waals surface area contributed by atoms with Crippen LogP contribution in [0.15, 0.2) is 79.0 Å². The van der Waals surface area contributed by atoms with Gasteiger partial charge in [0.05, 0.1) is 0 Å². The molecule has 0 fully saturated rings. The zero-order valence-electron chi connectivity index (χ0n) is 16.6. The Morgan fingerprint density at radius 1 is 0.643 bits per heavy atom. The van der Waals surface area contributed by atoms with Crippen molar-refractivity contribution in [2.75, 3.05) is 0 Å². The van der Waals surface area contributed by atoms with E-state index in [2.05, 4.69) is 109 Å². The molecule has 1 aliphatic rings. The van der Waals surface area contributed by atoms with Gasteiger partial charge >= 0.3 is 0 Å². The van der Waals surface area contributed by atoms with Crippen LogP contribution in [0.1, 0.15) is 16.7 Å². The standard InChI is InChI=1S/C26H24N2/c1-18-9-4-6-11-21(18)24-13-8-14-25(28(24)3)26-16-20-15-19-10-5-7-12-22(19)23(20)17-27(26)2/h4-14,16-17H,15H2,1-3H3/q+2. The molecule has 4 aromatic rings. The third-order valence-corrected chi connectivity index (χ3v) is 5.96. The summed E-state index contributed by atoms with van der Waals surface area (Å²) in [5.41, 5.74) is 11.8. The van der Waals surface area contributed by atoms with Crippen molar-refractivity contribution in [1.29, 1.82) is 0 Å². The molecule has 0 saturated heterocycles. The summed E-state index contributed by atoms with van der Waals surface area (Å²) < 4.78 is 4.57. The highest BCUT2D eigenvalue weighted by Gasteiger charge is 2.28. The highest BCUT2D eigenvalue weighted by molar-refractivity contribution is 5.76.